The number of carbonyl (C=O) groups excluding carboxylic acids is 5. The highest BCUT2D eigenvalue weighted by Gasteiger charge is 2.21. The first-order valence-electron chi connectivity index (χ1n) is 13.0. The molecule has 0 bridgehead atoms. The van der Waals surface area contributed by atoms with E-state index >= 15 is 0 Å². The number of esters is 3. The number of amides is 2. The number of carbonyl (C=O) groups is 6. The molecule has 0 aliphatic heterocycles. The lowest BCUT2D eigenvalue weighted by molar-refractivity contribution is -0.145. The second-order valence-electron chi connectivity index (χ2n) is 7.92. The van der Waals surface area contributed by atoms with E-state index in [0.717, 1.165) is 17.3 Å². The Balaban J connectivity index is -0.000000160. The van der Waals surface area contributed by atoms with Crippen LogP contribution in [0.4, 0.5) is 0 Å². The van der Waals surface area contributed by atoms with Crippen LogP contribution in [0.25, 0.3) is 0 Å². The highest BCUT2D eigenvalue weighted by molar-refractivity contribution is 7.98. The van der Waals surface area contributed by atoms with Gasteiger partial charge in [0.2, 0.25) is 11.8 Å². The molecule has 3 atom stereocenters. The minimum absolute atomic E-state index is 0. The third-order valence-electron chi connectivity index (χ3n) is 4.67. The van der Waals surface area contributed by atoms with Crippen LogP contribution in [0.1, 0.15) is 40.0 Å². The van der Waals surface area contributed by atoms with Gasteiger partial charge in [-0.25, -0.2) is 9.59 Å². The minimum atomic E-state index is -0.745. The SMILES string of the molecule is C.CCC(=O)O.COC(=O)[C@@H](N)CCSC.COC(=O)[C@H](CCSC)NC(=O)CN.COC(=O)[C@H](CCSC)NC(=O)CN. The summed E-state index contributed by atoms with van der Waals surface area (Å²) >= 11 is 4.87. The van der Waals surface area contributed by atoms with E-state index in [1.165, 1.54) is 21.3 Å². The first-order chi connectivity index (χ1) is 20.3. The van der Waals surface area contributed by atoms with E-state index < -0.39 is 36.0 Å². The Bertz CT molecular complexity index is 741. The molecule has 0 aliphatic rings. The number of hydrogen-bond acceptors (Lipinski definition) is 15. The molecule has 0 fully saturated rings. The molecule has 15 nitrogen and oxygen atoms in total. The smallest absolute Gasteiger partial charge is 0.328 e. The summed E-state index contributed by atoms with van der Waals surface area (Å²) in [5.74, 6) is -0.158. The van der Waals surface area contributed by atoms with Crippen molar-refractivity contribution in [2.45, 2.75) is 58.2 Å². The molecule has 0 aliphatic carbocycles. The van der Waals surface area contributed by atoms with Crippen molar-refractivity contribution in [2.75, 3.05) is 70.4 Å². The van der Waals surface area contributed by atoms with Crippen molar-refractivity contribution in [3.63, 3.8) is 0 Å². The molecule has 262 valence electrons. The lowest BCUT2D eigenvalue weighted by Gasteiger charge is -2.15. The molecule has 0 aromatic heterocycles. The fourth-order valence-corrected chi connectivity index (χ4v) is 3.71. The molecule has 44 heavy (non-hydrogen) atoms. The van der Waals surface area contributed by atoms with Crippen LogP contribution in [0.5, 0.6) is 0 Å². The van der Waals surface area contributed by atoms with Crippen molar-refractivity contribution in [1.29, 1.82) is 0 Å². The zero-order valence-corrected chi connectivity index (χ0v) is 28.6. The summed E-state index contributed by atoms with van der Waals surface area (Å²) in [6.07, 6.45) is 7.86. The van der Waals surface area contributed by atoms with Gasteiger partial charge in [0.25, 0.3) is 0 Å². The zero-order valence-electron chi connectivity index (χ0n) is 26.2. The number of ether oxygens (including phenoxy) is 3. The van der Waals surface area contributed by atoms with Gasteiger partial charge in [-0.1, -0.05) is 14.4 Å². The standard InChI is InChI=1S/2C8H16N2O3S.C6H13NO2S.C3H6O2.CH4/c2*1-13-8(12)6(3-4-14-2)10-7(11)5-9;1-9-6(8)5(7)3-4-10-2;1-2-3(4)5;/h2*6H,3-5,9H2,1-2H3,(H,10,11);5H,3-4,7H2,1-2H3;2H2,1H3,(H,4,5);1H4/t2*6-;5-;;/m000../s1. The molecule has 0 heterocycles. The molecule has 2 amide bonds. The Hall–Kier alpha value is -2.25. The molecule has 0 saturated carbocycles. The molecular weight excluding hydrogens is 639 g/mol. The fourth-order valence-electron chi connectivity index (χ4n) is 2.27. The van der Waals surface area contributed by atoms with Gasteiger partial charge in [0.15, 0.2) is 0 Å². The number of aliphatic carboxylic acids is 1. The van der Waals surface area contributed by atoms with E-state index in [1.807, 2.05) is 18.8 Å². The van der Waals surface area contributed by atoms with Crippen LogP contribution in [-0.2, 0) is 43.0 Å². The number of thioether (sulfide) groups is 3. The first kappa shape index (κ1) is 51.3. The van der Waals surface area contributed by atoms with Gasteiger partial charge < -0.3 is 47.2 Å². The van der Waals surface area contributed by atoms with Crippen LogP contribution in [0.15, 0.2) is 0 Å². The normalized spacial score (nSPS) is 11.3. The molecule has 0 aromatic rings. The minimum Gasteiger partial charge on any atom is -0.481 e. The van der Waals surface area contributed by atoms with Crippen molar-refractivity contribution in [2.24, 2.45) is 17.2 Å². The predicted octanol–water partition coefficient (Wildman–Crippen LogP) is 0.0689. The van der Waals surface area contributed by atoms with Crippen LogP contribution < -0.4 is 27.8 Å². The maximum absolute atomic E-state index is 11.2. The second kappa shape index (κ2) is 36.9. The van der Waals surface area contributed by atoms with Gasteiger partial charge in [0, 0.05) is 6.42 Å². The first-order valence-corrected chi connectivity index (χ1v) is 17.1. The lowest BCUT2D eigenvalue weighted by Crippen LogP contribution is -2.44. The zero-order chi connectivity index (χ0) is 34.2. The molecular formula is C26H55N5O10S3. The predicted molar refractivity (Wildman–Crippen MR) is 180 cm³/mol. The van der Waals surface area contributed by atoms with Crippen LogP contribution in [0, 0.1) is 0 Å². The maximum Gasteiger partial charge on any atom is 0.328 e. The van der Waals surface area contributed by atoms with Gasteiger partial charge >= 0.3 is 23.9 Å². The summed E-state index contributed by atoms with van der Waals surface area (Å²) in [6.45, 7) is 1.36. The second-order valence-corrected chi connectivity index (χ2v) is 10.9. The summed E-state index contributed by atoms with van der Waals surface area (Å²) < 4.78 is 13.5. The van der Waals surface area contributed by atoms with Crippen molar-refractivity contribution in [3.8, 4) is 0 Å². The fraction of sp³-hybridized carbons (Fsp3) is 0.769. The van der Waals surface area contributed by atoms with Crippen LogP contribution >= 0.6 is 35.3 Å². The highest BCUT2D eigenvalue weighted by Crippen LogP contribution is 2.03. The number of nitrogens with two attached hydrogens (primary N) is 3. The highest BCUT2D eigenvalue weighted by atomic mass is 32.2. The summed E-state index contributed by atoms with van der Waals surface area (Å²) in [5, 5.41) is 12.7. The quantitative estimate of drug-likeness (QED) is 0.0870. The van der Waals surface area contributed by atoms with E-state index in [-0.39, 0.29) is 44.7 Å². The Morgan fingerprint density at radius 2 is 0.977 bits per heavy atom. The average Bonchev–Trinajstić information content (AvgIpc) is 3.02. The number of nitrogens with one attached hydrogen (secondary N) is 2. The average molecular weight is 694 g/mol. The molecule has 9 N–H and O–H groups in total. The van der Waals surface area contributed by atoms with E-state index in [2.05, 4.69) is 24.8 Å². The summed E-state index contributed by atoms with van der Waals surface area (Å²) in [7, 11) is 3.94. The summed E-state index contributed by atoms with van der Waals surface area (Å²) in [6, 6.07) is -1.61. The molecule has 0 unspecified atom stereocenters. The van der Waals surface area contributed by atoms with Gasteiger partial charge in [0.05, 0.1) is 34.4 Å². The van der Waals surface area contributed by atoms with Crippen LogP contribution in [0.3, 0.4) is 0 Å². The number of carboxylic acid groups (broad SMARTS) is 1. The third kappa shape index (κ3) is 34.2. The number of carboxylic acids is 1. The van der Waals surface area contributed by atoms with Gasteiger partial charge in [0.1, 0.15) is 18.1 Å². The van der Waals surface area contributed by atoms with Gasteiger partial charge in [-0.15, -0.1) is 0 Å². The van der Waals surface area contributed by atoms with Gasteiger partial charge in [-0.3, -0.25) is 19.2 Å². The monoisotopic (exact) mass is 693 g/mol. The van der Waals surface area contributed by atoms with E-state index in [1.54, 1.807) is 42.2 Å². The topological polar surface area (TPSA) is 252 Å². The Labute approximate surface area is 274 Å². The Morgan fingerprint density at radius 3 is 1.20 bits per heavy atom. The van der Waals surface area contributed by atoms with Crippen LogP contribution in [-0.4, -0.2) is 129 Å². The van der Waals surface area contributed by atoms with Crippen molar-refractivity contribution in [3.05, 3.63) is 0 Å². The molecule has 18 heteroatoms. The summed E-state index contributed by atoms with van der Waals surface area (Å²) in [5.41, 5.74) is 15.7. The van der Waals surface area contributed by atoms with Crippen molar-refractivity contribution >= 4 is 71.0 Å². The maximum atomic E-state index is 11.2. The molecule has 0 radical (unpaired) electrons. The molecule has 0 aromatic carbocycles. The number of methoxy groups -OCH3 is 3. The largest absolute Gasteiger partial charge is 0.481 e. The summed E-state index contributed by atoms with van der Waals surface area (Å²) in [4.78, 5) is 64.3. The van der Waals surface area contributed by atoms with Crippen molar-refractivity contribution < 1.29 is 48.1 Å². The van der Waals surface area contributed by atoms with Gasteiger partial charge in [-0.2, -0.15) is 35.3 Å². The van der Waals surface area contributed by atoms with Gasteiger partial charge in [-0.05, 0) is 55.3 Å². The lowest BCUT2D eigenvalue weighted by atomic mass is 10.2. The Kier molecular flexibility index (Phi) is 43.1. The molecule has 0 rings (SSSR count). The van der Waals surface area contributed by atoms with Crippen molar-refractivity contribution in [1.82, 2.24) is 10.6 Å². The third-order valence-corrected chi connectivity index (χ3v) is 6.61. The molecule has 0 spiro atoms. The van der Waals surface area contributed by atoms with Crippen LogP contribution in [0.2, 0.25) is 0 Å². The number of hydrogen-bond donors (Lipinski definition) is 6. The van der Waals surface area contributed by atoms with E-state index in [4.69, 9.17) is 22.3 Å². The van der Waals surface area contributed by atoms with E-state index in [9.17, 15) is 28.8 Å². The number of rotatable bonds is 17. The van der Waals surface area contributed by atoms with E-state index in [0.29, 0.717) is 19.3 Å². The Morgan fingerprint density at radius 1 is 0.682 bits per heavy atom. The molecule has 0 saturated heterocycles.